The molecule has 6 nitrogen and oxygen atoms in total. The summed E-state index contributed by atoms with van der Waals surface area (Å²) in [5, 5.41) is 0. The van der Waals surface area contributed by atoms with Gasteiger partial charge in [0.25, 0.3) is 0 Å². The number of hydrogen-bond donors (Lipinski definition) is 0. The summed E-state index contributed by atoms with van der Waals surface area (Å²) in [6, 6.07) is 0. The van der Waals surface area contributed by atoms with Crippen LogP contribution in [0.15, 0.2) is 0 Å². The summed E-state index contributed by atoms with van der Waals surface area (Å²) in [6.45, 7) is 3.42. The monoisotopic (exact) mass is 251 g/mol. The van der Waals surface area contributed by atoms with Crippen LogP contribution in [-0.2, 0) is 25.7 Å². The molecule has 7 heteroatoms. The van der Waals surface area contributed by atoms with Gasteiger partial charge in [-0.3, -0.25) is 0 Å². The Labute approximate surface area is 80.3 Å². The molecule has 0 amide bonds. The van der Waals surface area contributed by atoms with Crippen LogP contribution >= 0.6 is 0 Å². The van der Waals surface area contributed by atoms with Crippen molar-refractivity contribution in [2.45, 2.75) is 20.8 Å². The molecule has 0 unspecified atom stereocenters. The molecular formula is C6H9GeO6. The van der Waals surface area contributed by atoms with Crippen LogP contribution < -0.4 is 0 Å². The van der Waals surface area contributed by atoms with E-state index in [2.05, 4.69) is 11.3 Å². The van der Waals surface area contributed by atoms with Crippen LogP contribution in [0.25, 0.3) is 0 Å². The summed E-state index contributed by atoms with van der Waals surface area (Å²) < 4.78 is 13.5. The summed E-state index contributed by atoms with van der Waals surface area (Å²) in [4.78, 5) is 31.4. The first-order chi connectivity index (χ1) is 5.91. The molecule has 0 aromatic carbocycles. The van der Waals surface area contributed by atoms with E-state index in [1.165, 1.54) is 0 Å². The first-order valence-corrected chi connectivity index (χ1v) is 5.91. The molecule has 0 aromatic rings. The Morgan fingerprint density at radius 2 is 1.00 bits per heavy atom. The van der Waals surface area contributed by atoms with Gasteiger partial charge in [0.2, 0.25) is 0 Å². The molecule has 73 valence electrons. The molecule has 0 fully saturated rings. The van der Waals surface area contributed by atoms with Crippen molar-refractivity contribution in [3.05, 3.63) is 0 Å². The minimum absolute atomic E-state index is 0.641. The van der Waals surface area contributed by atoms with E-state index in [1.54, 1.807) is 0 Å². The van der Waals surface area contributed by atoms with E-state index >= 15 is 0 Å². The van der Waals surface area contributed by atoms with Crippen LogP contribution in [0.3, 0.4) is 0 Å². The van der Waals surface area contributed by atoms with E-state index in [9.17, 15) is 14.4 Å². The average molecular weight is 250 g/mol. The predicted molar refractivity (Wildman–Crippen MR) is 41.1 cm³/mol. The SMILES string of the molecule is CC(=O)[O][Ge]([O]C(C)=O)[O]C(C)=O. The maximum atomic E-state index is 10.5. The first kappa shape index (κ1) is 12.0. The van der Waals surface area contributed by atoms with Crippen LogP contribution in [0.4, 0.5) is 0 Å². The van der Waals surface area contributed by atoms with Crippen molar-refractivity contribution >= 4 is 33.3 Å². The Kier molecular flexibility index (Phi) is 5.12. The number of hydrogen-bond acceptors (Lipinski definition) is 6. The van der Waals surface area contributed by atoms with Gasteiger partial charge in [0.05, 0.1) is 0 Å². The van der Waals surface area contributed by atoms with Gasteiger partial charge in [0.1, 0.15) is 0 Å². The zero-order chi connectivity index (χ0) is 10.4. The van der Waals surface area contributed by atoms with Gasteiger partial charge < -0.3 is 0 Å². The van der Waals surface area contributed by atoms with Gasteiger partial charge in [-0.1, -0.05) is 0 Å². The second-order valence-electron chi connectivity index (χ2n) is 2.03. The number of carbonyl (C=O) groups is 3. The van der Waals surface area contributed by atoms with Gasteiger partial charge in [-0.25, -0.2) is 0 Å². The maximum absolute atomic E-state index is 10.5. The summed E-state index contributed by atoms with van der Waals surface area (Å²) in [7, 11) is 0. The molecule has 0 aliphatic heterocycles. The molecule has 0 heterocycles. The predicted octanol–water partition coefficient (Wildman–Crippen LogP) is -0.339. The fourth-order valence-electron chi connectivity index (χ4n) is 0.415. The molecular weight excluding hydrogens is 241 g/mol. The Hall–Kier alpha value is -1.05. The molecule has 0 N–H and O–H groups in total. The first-order valence-electron chi connectivity index (χ1n) is 3.34. The van der Waals surface area contributed by atoms with Gasteiger partial charge in [0, 0.05) is 0 Å². The molecule has 0 rings (SSSR count). The van der Waals surface area contributed by atoms with E-state index in [0.717, 1.165) is 20.8 Å². The van der Waals surface area contributed by atoms with Crippen LogP contribution in [0.5, 0.6) is 0 Å². The van der Waals surface area contributed by atoms with Gasteiger partial charge >= 0.3 is 79.7 Å². The third kappa shape index (κ3) is 7.32. The normalized spacial score (nSPS) is 9.23. The second kappa shape index (κ2) is 5.57. The van der Waals surface area contributed by atoms with E-state index in [1.807, 2.05) is 0 Å². The van der Waals surface area contributed by atoms with E-state index in [-0.39, 0.29) is 0 Å². The van der Waals surface area contributed by atoms with E-state index in [4.69, 9.17) is 0 Å². The third-order valence-electron chi connectivity index (χ3n) is 0.681. The quantitative estimate of drug-likeness (QED) is 0.637. The second-order valence-corrected chi connectivity index (χ2v) is 4.36. The van der Waals surface area contributed by atoms with Crippen LogP contribution in [-0.4, -0.2) is 33.3 Å². The number of carbonyl (C=O) groups excluding carboxylic acids is 3. The van der Waals surface area contributed by atoms with Crippen molar-refractivity contribution in [1.29, 1.82) is 0 Å². The van der Waals surface area contributed by atoms with Crippen molar-refractivity contribution in [3.63, 3.8) is 0 Å². The van der Waals surface area contributed by atoms with Crippen LogP contribution in [0.1, 0.15) is 20.8 Å². The molecule has 0 saturated carbocycles. The minimum atomic E-state index is -3.23. The van der Waals surface area contributed by atoms with E-state index in [0.29, 0.717) is 0 Å². The third-order valence-corrected chi connectivity index (χ3v) is 3.54. The van der Waals surface area contributed by atoms with Gasteiger partial charge in [-0.05, 0) is 0 Å². The Morgan fingerprint density at radius 1 is 0.769 bits per heavy atom. The van der Waals surface area contributed by atoms with E-state index < -0.39 is 33.3 Å². The van der Waals surface area contributed by atoms with Crippen molar-refractivity contribution in [2.24, 2.45) is 0 Å². The zero-order valence-corrected chi connectivity index (χ0v) is 9.55. The standard InChI is InChI=1S/C6H9GeO6/c1-4(8)11-7(12-5(2)9)13-6(3)10/h1-3H3. The van der Waals surface area contributed by atoms with Crippen molar-refractivity contribution in [2.75, 3.05) is 0 Å². The van der Waals surface area contributed by atoms with Crippen LogP contribution in [0, 0.1) is 0 Å². The van der Waals surface area contributed by atoms with Gasteiger partial charge in [-0.15, -0.1) is 0 Å². The number of rotatable bonds is 3. The molecule has 0 aromatic heterocycles. The van der Waals surface area contributed by atoms with Crippen LogP contribution in [0.2, 0.25) is 0 Å². The summed E-state index contributed by atoms with van der Waals surface area (Å²) >= 11 is -3.23. The Bertz CT molecular complexity index is 187. The van der Waals surface area contributed by atoms with Crippen molar-refractivity contribution < 1.29 is 25.7 Å². The Balaban J connectivity index is 4.10. The van der Waals surface area contributed by atoms with Gasteiger partial charge in [0.15, 0.2) is 0 Å². The van der Waals surface area contributed by atoms with Gasteiger partial charge in [-0.2, -0.15) is 0 Å². The fraction of sp³-hybridized carbons (Fsp3) is 0.500. The zero-order valence-electron chi connectivity index (χ0n) is 7.45. The molecule has 0 atom stereocenters. The molecule has 0 bridgehead atoms. The summed E-state index contributed by atoms with van der Waals surface area (Å²) in [6.07, 6.45) is 0. The molecule has 0 aliphatic rings. The fourth-order valence-corrected chi connectivity index (χ4v) is 2.15. The summed E-state index contributed by atoms with van der Waals surface area (Å²) in [5.41, 5.74) is 0. The molecule has 13 heavy (non-hydrogen) atoms. The molecule has 1 radical (unpaired) electrons. The van der Waals surface area contributed by atoms with Crippen molar-refractivity contribution in [1.82, 2.24) is 0 Å². The summed E-state index contributed by atoms with van der Waals surface area (Å²) in [5.74, 6) is -1.92. The average Bonchev–Trinajstić information content (AvgIpc) is 1.80. The molecule has 0 spiro atoms. The molecule has 0 saturated heterocycles. The topological polar surface area (TPSA) is 78.9 Å². The molecule has 0 aliphatic carbocycles. The van der Waals surface area contributed by atoms with Crippen molar-refractivity contribution in [3.8, 4) is 0 Å². The Morgan fingerprint density at radius 3 is 1.15 bits per heavy atom.